The lowest BCUT2D eigenvalue weighted by molar-refractivity contribution is -0.140. The second-order valence-corrected chi connectivity index (χ2v) is 7.46. The van der Waals surface area contributed by atoms with Crippen LogP contribution in [0.1, 0.15) is 27.7 Å². The second kappa shape index (κ2) is 8.15. The van der Waals surface area contributed by atoms with Crippen LogP contribution in [-0.2, 0) is 19.2 Å². The fraction of sp³-hybridized carbons (Fsp3) is 0.733. The van der Waals surface area contributed by atoms with Crippen LogP contribution < -0.4 is 10.6 Å². The minimum atomic E-state index is -1.92. The lowest BCUT2D eigenvalue weighted by atomic mass is 9.81. The van der Waals surface area contributed by atoms with Gasteiger partial charge in [-0.05, 0) is 5.92 Å². The van der Waals surface area contributed by atoms with Crippen LogP contribution in [0.25, 0.3) is 0 Å². The summed E-state index contributed by atoms with van der Waals surface area (Å²) < 4.78 is 0. The standard InChI is InChI=1S/C15H24N2O7S/c1-6(2)10(19)15(11(20)7(3)12(21)17-15)14(24)25-5-9(13(22)23)16-8(4)18/h6-7,9-11,19-20H,5H2,1-4H3,(H,16,18)(H,17,21)(H,22,23)/t7-,9-,10-,11+,15?/m1/s1. The van der Waals surface area contributed by atoms with Gasteiger partial charge in [0.15, 0.2) is 5.54 Å². The number of carbonyl (C=O) groups excluding carboxylic acids is 3. The van der Waals surface area contributed by atoms with Crippen molar-refractivity contribution in [1.29, 1.82) is 0 Å². The third-order valence-corrected chi connectivity index (χ3v) is 5.28. The fourth-order valence-electron chi connectivity index (χ4n) is 2.70. The van der Waals surface area contributed by atoms with Gasteiger partial charge < -0.3 is 26.0 Å². The molecular formula is C15H24N2O7S. The Bertz CT molecular complexity index is 568. The molecule has 1 aliphatic rings. The van der Waals surface area contributed by atoms with Gasteiger partial charge in [0.05, 0.1) is 18.1 Å². The van der Waals surface area contributed by atoms with Crippen molar-refractivity contribution in [2.24, 2.45) is 11.8 Å². The maximum Gasteiger partial charge on any atom is 0.327 e. The molecule has 0 spiro atoms. The molecule has 0 aromatic heterocycles. The highest BCUT2D eigenvalue weighted by molar-refractivity contribution is 8.13. The van der Waals surface area contributed by atoms with Crippen molar-refractivity contribution >= 4 is 34.7 Å². The molecule has 2 amide bonds. The Balaban J connectivity index is 3.04. The molecule has 1 saturated heterocycles. The average molecular weight is 376 g/mol. The fourth-order valence-corrected chi connectivity index (χ4v) is 3.77. The third kappa shape index (κ3) is 4.31. The highest BCUT2D eigenvalue weighted by atomic mass is 32.2. The molecule has 10 heteroatoms. The first-order valence-corrected chi connectivity index (χ1v) is 8.79. The first-order valence-electron chi connectivity index (χ1n) is 7.80. The van der Waals surface area contributed by atoms with Gasteiger partial charge in [0.1, 0.15) is 6.04 Å². The van der Waals surface area contributed by atoms with Gasteiger partial charge in [-0.2, -0.15) is 0 Å². The van der Waals surface area contributed by atoms with Gasteiger partial charge in [-0.15, -0.1) is 0 Å². The molecule has 0 aromatic rings. The summed E-state index contributed by atoms with van der Waals surface area (Å²) in [4.78, 5) is 46.9. The molecule has 9 nitrogen and oxygen atoms in total. The van der Waals surface area contributed by atoms with Crippen LogP contribution in [0.5, 0.6) is 0 Å². The zero-order valence-corrected chi connectivity index (χ0v) is 15.3. The number of thioether (sulfide) groups is 1. The minimum Gasteiger partial charge on any atom is -0.480 e. The molecule has 0 radical (unpaired) electrons. The smallest absolute Gasteiger partial charge is 0.327 e. The van der Waals surface area contributed by atoms with E-state index in [9.17, 15) is 29.4 Å². The number of aliphatic hydroxyl groups is 2. The number of carboxylic acid groups (broad SMARTS) is 1. The molecule has 142 valence electrons. The predicted molar refractivity (Wildman–Crippen MR) is 89.6 cm³/mol. The highest BCUT2D eigenvalue weighted by Gasteiger charge is 2.60. The number of rotatable bonds is 7. The zero-order valence-electron chi connectivity index (χ0n) is 14.5. The first kappa shape index (κ1) is 21.4. The van der Waals surface area contributed by atoms with Crippen molar-refractivity contribution in [2.45, 2.75) is 51.5 Å². The Kier molecular flexibility index (Phi) is 6.98. The van der Waals surface area contributed by atoms with Gasteiger partial charge in [0, 0.05) is 12.7 Å². The molecule has 1 unspecified atom stereocenters. The van der Waals surface area contributed by atoms with Crippen LogP contribution >= 0.6 is 11.8 Å². The summed E-state index contributed by atoms with van der Waals surface area (Å²) in [6.45, 7) is 5.84. The number of aliphatic hydroxyl groups excluding tert-OH is 2. The van der Waals surface area contributed by atoms with E-state index in [-0.39, 0.29) is 5.75 Å². The predicted octanol–water partition coefficient (Wildman–Crippen LogP) is -1.28. The topological polar surface area (TPSA) is 153 Å². The number of carbonyl (C=O) groups is 4. The molecule has 1 heterocycles. The second-order valence-electron chi connectivity index (χ2n) is 6.47. The molecule has 0 bridgehead atoms. The normalized spacial score (nSPS) is 28.4. The largest absolute Gasteiger partial charge is 0.480 e. The van der Waals surface area contributed by atoms with Crippen molar-refractivity contribution in [3.8, 4) is 0 Å². The molecule has 5 atom stereocenters. The van der Waals surface area contributed by atoms with Crippen molar-refractivity contribution in [3.63, 3.8) is 0 Å². The van der Waals surface area contributed by atoms with E-state index >= 15 is 0 Å². The number of hydrogen-bond donors (Lipinski definition) is 5. The molecule has 0 saturated carbocycles. The Labute approximate surface area is 149 Å². The van der Waals surface area contributed by atoms with Crippen molar-refractivity contribution in [3.05, 3.63) is 0 Å². The first-order chi connectivity index (χ1) is 11.4. The monoisotopic (exact) mass is 376 g/mol. The molecule has 1 aliphatic heterocycles. The van der Waals surface area contributed by atoms with Gasteiger partial charge in [0.2, 0.25) is 16.9 Å². The van der Waals surface area contributed by atoms with Crippen molar-refractivity contribution in [1.82, 2.24) is 10.6 Å². The van der Waals surface area contributed by atoms with Crippen LogP contribution in [0.3, 0.4) is 0 Å². The van der Waals surface area contributed by atoms with Crippen LogP contribution in [0.2, 0.25) is 0 Å². The van der Waals surface area contributed by atoms with Crippen LogP contribution in [-0.4, -0.2) is 67.8 Å². The lowest BCUT2D eigenvalue weighted by Crippen LogP contribution is -2.64. The van der Waals surface area contributed by atoms with E-state index in [1.54, 1.807) is 13.8 Å². The van der Waals surface area contributed by atoms with E-state index in [1.165, 1.54) is 6.92 Å². The Morgan fingerprint density at radius 3 is 2.28 bits per heavy atom. The highest BCUT2D eigenvalue weighted by Crippen LogP contribution is 2.36. The molecular weight excluding hydrogens is 352 g/mol. The SMILES string of the molecule is CC(=O)N[C@H](CSC(=O)C1([C@H](O)C(C)C)NC(=O)[C@H](C)[C@@H]1O)C(=O)O. The van der Waals surface area contributed by atoms with E-state index < -0.39 is 58.5 Å². The van der Waals surface area contributed by atoms with E-state index in [2.05, 4.69) is 10.6 Å². The number of carboxylic acids is 1. The number of nitrogens with one attached hydrogen (secondary N) is 2. The molecule has 0 aromatic carbocycles. The Morgan fingerprint density at radius 2 is 1.92 bits per heavy atom. The summed E-state index contributed by atoms with van der Waals surface area (Å²) in [5.41, 5.74) is -1.92. The number of hydrogen-bond acceptors (Lipinski definition) is 7. The zero-order chi connectivity index (χ0) is 19.5. The van der Waals surface area contributed by atoms with Crippen LogP contribution in [0, 0.1) is 11.8 Å². The van der Waals surface area contributed by atoms with Gasteiger partial charge >= 0.3 is 5.97 Å². The molecule has 25 heavy (non-hydrogen) atoms. The van der Waals surface area contributed by atoms with E-state index in [4.69, 9.17) is 5.11 Å². The quantitative estimate of drug-likeness (QED) is 0.368. The van der Waals surface area contributed by atoms with Crippen molar-refractivity contribution in [2.75, 3.05) is 5.75 Å². The Hall–Kier alpha value is -1.65. The number of aliphatic carboxylic acids is 1. The van der Waals surface area contributed by atoms with E-state index in [0.717, 1.165) is 6.92 Å². The van der Waals surface area contributed by atoms with Gasteiger partial charge in [-0.1, -0.05) is 32.5 Å². The van der Waals surface area contributed by atoms with Crippen molar-refractivity contribution < 1.29 is 34.5 Å². The van der Waals surface area contributed by atoms with Gasteiger partial charge in [-0.25, -0.2) is 4.79 Å². The molecule has 1 rings (SSSR count). The summed E-state index contributed by atoms with van der Waals surface area (Å²) in [5.74, 6) is -4.12. The molecule has 1 fully saturated rings. The van der Waals surface area contributed by atoms with Gasteiger partial charge in [-0.3, -0.25) is 14.4 Å². The summed E-state index contributed by atoms with van der Waals surface area (Å²) in [7, 11) is 0. The molecule has 0 aliphatic carbocycles. The maximum atomic E-state index is 12.8. The van der Waals surface area contributed by atoms with E-state index in [0.29, 0.717) is 11.8 Å². The summed E-state index contributed by atoms with van der Waals surface area (Å²) in [5, 5.41) is 33.8. The lowest BCUT2D eigenvalue weighted by Gasteiger charge is -2.37. The van der Waals surface area contributed by atoms with Crippen LogP contribution in [0.4, 0.5) is 0 Å². The Morgan fingerprint density at radius 1 is 1.36 bits per heavy atom. The molecule has 5 N–H and O–H groups in total. The average Bonchev–Trinajstić information content (AvgIpc) is 2.74. The summed E-state index contributed by atoms with van der Waals surface area (Å²) >= 11 is 0.535. The summed E-state index contributed by atoms with van der Waals surface area (Å²) in [6, 6.07) is -1.31. The van der Waals surface area contributed by atoms with Crippen LogP contribution in [0.15, 0.2) is 0 Å². The minimum absolute atomic E-state index is 0.308. The van der Waals surface area contributed by atoms with E-state index in [1.807, 2.05) is 0 Å². The van der Waals surface area contributed by atoms with Gasteiger partial charge in [0.25, 0.3) is 0 Å². The third-order valence-electron chi connectivity index (χ3n) is 4.18. The summed E-state index contributed by atoms with van der Waals surface area (Å²) in [6.07, 6.45) is -2.82. The number of amides is 2. The maximum absolute atomic E-state index is 12.8.